The van der Waals surface area contributed by atoms with E-state index in [1.54, 1.807) is 0 Å². The van der Waals surface area contributed by atoms with E-state index >= 15 is 0 Å². The first-order valence-corrected chi connectivity index (χ1v) is 7.96. The van der Waals surface area contributed by atoms with E-state index in [-0.39, 0.29) is 10.9 Å². The molecular weight excluding hydrogens is 296 g/mol. The van der Waals surface area contributed by atoms with Crippen LogP contribution in [0.2, 0.25) is 0 Å². The number of hydrogen-bond donors (Lipinski definition) is 2. The number of nitrogen functional groups attached to an aromatic ring is 1. The van der Waals surface area contributed by atoms with Crippen LogP contribution in [0, 0.1) is 16.0 Å². The molecule has 21 heavy (non-hydrogen) atoms. The molecule has 1 aromatic rings. The third-order valence-electron chi connectivity index (χ3n) is 3.86. The van der Waals surface area contributed by atoms with Gasteiger partial charge in [-0.2, -0.15) is 4.31 Å². The fraction of sp³-hybridized carbons (Fsp3) is 0.500. The van der Waals surface area contributed by atoms with Gasteiger partial charge in [0.15, 0.2) is 4.90 Å². The molecular formula is C12H18N4O4S. The van der Waals surface area contributed by atoms with Crippen molar-refractivity contribution in [2.75, 3.05) is 12.5 Å². The molecule has 9 heteroatoms. The van der Waals surface area contributed by atoms with Gasteiger partial charge < -0.3 is 5.43 Å². The molecule has 1 aliphatic rings. The Labute approximate surface area is 123 Å². The Morgan fingerprint density at radius 1 is 1.48 bits per heavy atom. The predicted octanol–water partition coefficient (Wildman–Crippen LogP) is 1.30. The molecule has 1 fully saturated rings. The first-order chi connectivity index (χ1) is 9.78. The second kappa shape index (κ2) is 5.58. The number of sulfonamides is 1. The minimum absolute atomic E-state index is 0.191. The Bertz CT molecular complexity index is 657. The van der Waals surface area contributed by atoms with E-state index in [0.29, 0.717) is 11.6 Å². The summed E-state index contributed by atoms with van der Waals surface area (Å²) in [5, 5.41) is 11.1. The van der Waals surface area contributed by atoms with E-state index in [1.807, 2.05) is 6.92 Å². The highest BCUT2D eigenvalue weighted by molar-refractivity contribution is 7.89. The fourth-order valence-electron chi connectivity index (χ4n) is 2.21. The summed E-state index contributed by atoms with van der Waals surface area (Å²) in [5.41, 5.74) is 2.15. The largest absolute Gasteiger partial charge is 0.324 e. The van der Waals surface area contributed by atoms with Gasteiger partial charge >= 0.3 is 0 Å². The van der Waals surface area contributed by atoms with Crippen molar-refractivity contribution in [3.8, 4) is 0 Å². The van der Waals surface area contributed by atoms with Crippen LogP contribution >= 0.6 is 0 Å². The topological polar surface area (TPSA) is 119 Å². The Hall–Kier alpha value is -1.71. The van der Waals surface area contributed by atoms with E-state index in [2.05, 4.69) is 5.43 Å². The number of nitrogens with two attached hydrogens (primary N) is 1. The summed E-state index contributed by atoms with van der Waals surface area (Å²) in [5.74, 6) is 5.57. The molecule has 0 saturated heterocycles. The number of anilines is 1. The van der Waals surface area contributed by atoms with Crippen molar-refractivity contribution in [2.24, 2.45) is 11.8 Å². The Morgan fingerprint density at radius 2 is 2.10 bits per heavy atom. The van der Waals surface area contributed by atoms with Crippen LogP contribution in [0.5, 0.6) is 0 Å². The minimum Gasteiger partial charge on any atom is -0.324 e. The fourth-order valence-corrected chi connectivity index (χ4v) is 3.81. The van der Waals surface area contributed by atoms with Crippen LogP contribution in [0.25, 0.3) is 0 Å². The van der Waals surface area contributed by atoms with Crippen molar-refractivity contribution in [1.82, 2.24) is 4.31 Å². The van der Waals surface area contributed by atoms with Crippen molar-refractivity contribution in [1.29, 1.82) is 0 Å². The van der Waals surface area contributed by atoms with Crippen LogP contribution in [-0.2, 0) is 10.0 Å². The lowest BCUT2D eigenvalue weighted by atomic mass is 10.2. The molecule has 8 nitrogen and oxygen atoms in total. The van der Waals surface area contributed by atoms with Crippen molar-refractivity contribution >= 4 is 21.4 Å². The average Bonchev–Trinajstić information content (AvgIpc) is 3.29. The molecule has 116 valence electrons. The Kier molecular flexibility index (Phi) is 4.17. The second-order valence-corrected chi connectivity index (χ2v) is 7.15. The molecule has 0 aromatic heterocycles. The van der Waals surface area contributed by atoms with Gasteiger partial charge in [-0.25, -0.2) is 8.42 Å². The number of rotatable bonds is 6. The highest BCUT2D eigenvalue weighted by Crippen LogP contribution is 2.37. The van der Waals surface area contributed by atoms with Crippen LogP contribution in [0.4, 0.5) is 11.4 Å². The van der Waals surface area contributed by atoms with Crippen molar-refractivity contribution in [3.05, 3.63) is 28.3 Å². The highest BCUT2D eigenvalue weighted by Gasteiger charge is 2.38. The van der Waals surface area contributed by atoms with Gasteiger partial charge in [0.05, 0.1) is 10.6 Å². The summed E-state index contributed by atoms with van der Waals surface area (Å²) in [6, 6.07) is 3.49. The normalized spacial score (nSPS) is 16.8. The van der Waals surface area contributed by atoms with E-state index in [1.165, 1.54) is 23.5 Å². The second-order valence-electron chi connectivity index (χ2n) is 5.18. The lowest BCUT2D eigenvalue weighted by Gasteiger charge is -2.24. The number of nitrogens with zero attached hydrogens (tertiary/aromatic N) is 2. The molecule has 0 heterocycles. The third kappa shape index (κ3) is 2.99. The van der Waals surface area contributed by atoms with Crippen molar-refractivity contribution in [3.63, 3.8) is 0 Å². The standard InChI is InChI=1S/C12H18N4O4S/c1-8(9-3-4-9)15(2)21(19,20)12-7-10(14-13)5-6-11(12)16(17)18/h5-9,14H,3-4,13H2,1-2H3. The van der Waals surface area contributed by atoms with E-state index in [0.717, 1.165) is 18.9 Å². The van der Waals surface area contributed by atoms with Crippen LogP contribution in [-0.4, -0.2) is 30.7 Å². The molecule has 1 aliphatic carbocycles. The lowest BCUT2D eigenvalue weighted by Crippen LogP contribution is -2.36. The number of hydrazine groups is 1. The zero-order valence-corrected chi connectivity index (χ0v) is 12.6. The van der Waals surface area contributed by atoms with Crippen LogP contribution in [0.15, 0.2) is 23.1 Å². The number of hydrogen-bond acceptors (Lipinski definition) is 6. The van der Waals surface area contributed by atoms with Gasteiger partial charge in [-0.1, -0.05) is 0 Å². The van der Waals surface area contributed by atoms with E-state index < -0.39 is 20.6 Å². The molecule has 1 atom stereocenters. The van der Waals surface area contributed by atoms with Crippen molar-refractivity contribution in [2.45, 2.75) is 30.7 Å². The van der Waals surface area contributed by atoms with Gasteiger partial charge in [0.1, 0.15) is 0 Å². The Balaban J connectivity index is 2.49. The van der Waals surface area contributed by atoms with Gasteiger partial charge in [0.2, 0.25) is 10.0 Å². The average molecular weight is 314 g/mol. The number of benzene rings is 1. The van der Waals surface area contributed by atoms with Gasteiger partial charge in [-0.15, -0.1) is 0 Å². The molecule has 1 unspecified atom stereocenters. The SMILES string of the molecule is CC(C1CC1)N(C)S(=O)(=O)c1cc(NN)ccc1[N+](=O)[O-]. The van der Waals surface area contributed by atoms with Gasteiger partial charge in [0.25, 0.3) is 5.69 Å². The monoisotopic (exact) mass is 314 g/mol. The lowest BCUT2D eigenvalue weighted by molar-refractivity contribution is -0.387. The zero-order valence-electron chi connectivity index (χ0n) is 11.8. The van der Waals surface area contributed by atoms with Gasteiger partial charge in [-0.05, 0) is 37.8 Å². The van der Waals surface area contributed by atoms with Crippen LogP contribution < -0.4 is 11.3 Å². The van der Waals surface area contributed by atoms with E-state index in [9.17, 15) is 18.5 Å². The number of nitro benzene ring substituents is 1. The van der Waals surface area contributed by atoms with Crippen molar-refractivity contribution < 1.29 is 13.3 Å². The maximum Gasteiger partial charge on any atom is 0.289 e. The molecule has 3 N–H and O–H groups in total. The summed E-state index contributed by atoms with van der Waals surface area (Å²) in [7, 11) is -2.51. The summed E-state index contributed by atoms with van der Waals surface area (Å²) in [6.07, 6.45) is 1.96. The van der Waals surface area contributed by atoms with Gasteiger partial charge in [-0.3, -0.25) is 16.0 Å². The smallest absolute Gasteiger partial charge is 0.289 e. The molecule has 0 radical (unpaired) electrons. The zero-order chi connectivity index (χ0) is 15.8. The molecule has 1 saturated carbocycles. The minimum atomic E-state index is -3.96. The molecule has 0 bridgehead atoms. The maximum absolute atomic E-state index is 12.7. The number of nitrogens with one attached hydrogen (secondary N) is 1. The van der Waals surface area contributed by atoms with Crippen LogP contribution in [0.1, 0.15) is 19.8 Å². The van der Waals surface area contributed by atoms with Gasteiger partial charge in [0, 0.05) is 19.2 Å². The summed E-state index contributed by atoms with van der Waals surface area (Å²) >= 11 is 0. The molecule has 2 rings (SSSR count). The van der Waals surface area contributed by atoms with E-state index in [4.69, 9.17) is 5.84 Å². The number of nitro groups is 1. The van der Waals surface area contributed by atoms with Crippen LogP contribution in [0.3, 0.4) is 0 Å². The predicted molar refractivity (Wildman–Crippen MR) is 78.0 cm³/mol. The summed E-state index contributed by atoms with van der Waals surface area (Å²) in [6.45, 7) is 1.81. The summed E-state index contributed by atoms with van der Waals surface area (Å²) < 4.78 is 26.5. The summed E-state index contributed by atoms with van der Waals surface area (Å²) in [4.78, 5) is 10.0. The quantitative estimate of drug-likeness (QED) is 0.464. The highest BCUT2D eigenvalue weighted by atomic mass is 32.2. The molecule has 0 amide bonds. The Morgan fingerprint density at radius 3 is 2.57 bits per heavy atom. The first kappa shape index (κ1) is 15.7. The maximum atomic E-state index is 12.7. The first-order valence-electron chi connectivity index (χ1n) is 6.52. The molecule has 0 spiro atoms. The molecule has 0 aliphatic heterocycles. The molecule has 1 aromatic carbocycles. The third-order valence-corrected chi connectivity index (χ3v) is 5.83.